The summed E-state index contributed by atoms with van der Waals surface area (Å²) in [7, 11) is -2.76. The van der Waals surface area contributed by atoms with Crippen LogP contribution in [0.5, 0.6) is 0 Å². The van der Waals surface area contributed by atoms with E-state index in [9.17, 15) is 5.11 Å². The third kappa shape index (κ3) is 2.91. The Morgan fingerprint density at radius 3 is 2.40 bits per heavy atom. The topological polar surface area (TPSA) is 49.7 Å². The van der Waals surface area contributed by atoms with Crippen molar-refractivity contribution in [2.75, 3.05) is 6.61 Å². The van der Waals surface area contributed by atoms with Crippen molar-refractivity contribution in [2.24, 2.45) is 0 Å². The zero-order valence-corrected chi connectivity index (χ0v) is 12.3. The van der Waals surface area contributed by atoms with Crippen LogP contribution in [0.4, 0.5) is 0 Å². The average Bonchev–Trinajstić information content (AvgIpc) is 2.10. The highest BCUT2D eigenvalue weighted by molar-refractivity contribution is 7.38. The fourth-order valence-corrected chi connectivity index (χ4v) is 8.60. The van der Waals surface area contributed by atoms with Crippen LogP contribution in [0.25, 0.3) is 0 Å². The van der Waals surface area contributed by atoms with E-state index in [1.54, 1.807) is 0 Å². The molecule has 2 unspecified atom stereocenters. The molecule has 1 heterocycles. The Kier molecular flexibility index (Phi) is 4.16. The average molecular weight is 248 g/mol. The fourth-order valence-electron chi connectivity index (χ4n) is 1.99. The smallest absolute Gasteiger partial charge is 0.174 e. The molecule has 1 fully saturated rings. The van der Waals surface area contributed by atoms with E-state index in [2.05, 4.69) is 26.2 Å². The van der Waals surface area contributed by atoms with E-state index >= 15 is 0 Å². The molecule has 15 heavy (non-hydrogen) atoms. The first-order valence-electron chi connectivity index (χ1n) is 5.77. The Bertz CT molecular complexity index is 219. The lowest BCUT2D eigenvalue weighted by Crippen LogP contribution is -2.63. The van der Waals surface area contributed by atoms with Gasteiger partial charge in [-0.3, -0.25) is 0 Å². The minimum atomic E-state index is -1.58. The molecule has 0 aromatic heterocycles. The predicted octanol–water partition coefficient (Wildman–Crippen LogP) is 1.51. The molecule has 1 saturated heterocycles. The van der Waals surface area contributed by atoms with Gasteiger partial charge in [-0.25, -0.2) is 0 Å². The largest absolute Gasteiger partial charge is 0.415 e. The van der Waals surface area contributed by atoms with Crippen LogP contribution < -0.4 is 0 Å². The maximum absolute atomic E-state index is 9.83. The lowest BCUT2D eigenvalue weighted by molar-refractivity contribution is 0.0128. The number of aliphatic hydroxyl groups excluding tert-OH is 2. The van der Waals surface area contributed by atoms with Gasteiger partial charge in [0.05, 0.1) is 19.8 Å². The van der Waals surface area contributed by atoms with Crippen LogP contribution in [0.1, 0.15) is 12.8 Å². The molecule has 5 heteroatoms. The molecule has 0 aromatic rings. The van der Waals surface area contributed by atoms with Crippen molar-refractivity contribution in [2.45, 2.75) is 57.3 Å². The van der Waals surface area contributed by atoms with Crippen LogP contribution in [-0.2, 0) is 4.43 Å². The monoisotopic (exact) mass is 248 g/mol. The zero-order valence-electron chi connectivity index (χ0n) is 10.3. The molecule has 2 atom stereocenters. The van der Waals surface area contributed by atoms with Crippen LogP contribution >= 0.6 is 0 Å². The maximum atomic E-state index is 9.83. The predicted molar refractivity (Wildman–Crippen MR) is 67.0 cm³/mol. The number of rotatable bonds is 3. The SMILES string of the molecule is C[Si]1(C)CCC(C(O)CCO)O[Si]1(C)C. The van der Waals surface area contributed by atoms with Crippen molar-refractivity contribution in [1.29, 1.82) is 0 Å². The van der Waals surface area contributed by atoms with Gasteiger partial charge in [-0.2, -0.15) is 0 Å². The minimum absolute atomic E-state index is 0.0284. The first-order valence-corrected chi connectivity index (χ1v) is 12.9. The Labute approximate surface area is 94.4 Å². The molecule has 1 rings (SSSR count). The summed E-state index contributed by atoms with van der Waals surface area (Å²) >= 11 is 0. The molecule has 90 valence electrons. The van der Waals surface area contributed by atoms with E-state index in [-0.39, 0.29) is 12.7 Å². The van der Waals surface area contributed by atoms with Gasteiger partial charge in [0.2, 0.25) is 0 Å². The second-order valence-electron chi connectivity index (χ2n) is 5.67. The van der Waals surface area contributed by atoms with Gasteiger partial charge in [0.1, 0.15) is 0 Å². The van der Waals surface area contributed by atoms with Gasteiger partial charge in [-0.1, -0.05) is 19.1 Å². The molecule has 1 aliphatic rings. The molecule has 0 amide bonds. The van der Waals surface area contributed by atoms with Gasteiger partial charge < -0.3 is 14.6 Å². The molecule has 0 radical (unpaired) electrons. The molecule has 0 bridgehead atoms. The highest BCUT2D eigenvalue weighted by Gasteiger charge is 2.48. The quantitative estimate of drug-likeness (QED) is 0.745. The number of hydrogen-bond donors (Lipinski definition) is 2. The molecule has 0 saturated carbocycles. The standard InChI is InChI=1S/C10H24O3Si2/c1-14(2)8-6-10(9(12)5-7-11)13-15(14,3)4/h9-12H,5-8H2,1-4H3. The van der Waals surface area contributed by atoms with Crippen molar-refractivity contribution in [3.63, 3.8) is 0 Å². The van der Waals surface area contributed by atoms with Gasteiger partial charge in [0, 0.05) is 6.61 Å². The lowest BCUT2D eigenvalue weighted by Gasteiger charge is -2.46. The highest BCUT2D eigenvalue weighted by atomic mass is 29.3. The van der Waals surface area contributed by atoms with E-state index in [0.717, 1.165) is 6.42 Å². The molecule has 0 aromatic carbocycles. The Morgan fingerprint density at radius 2 is 1.93 bits per heavy atom. The fraction of sp³-hybridized carbons (Fsp3) is 1.00. The summed E-state index contributed by atoms with van der Waals surface area (Å²) < 4.78 is 6.14. The van der Waals surface area contributed by atoms with E-state index in [1.165, 1.54) is 6.04 Å². The third-order valence-corrected chi connectivity index (χ3v) is 20.6. The van der Waals surface area contributed by atoms with Gasteiger partial charge in [-0.15, -0.1) is 0 Å². The number of hydrogen-bond acceptors (Lipinski definition) is 3. The Balaban J connectivity index is 2.62. The maximum Gasteiger partial charge on any atom is 0.174 e. The normalized spacial score (nSPS) is 31.2. The van der Waals surface area contributed by atoms with E-state index < -0.39 is 21.5 Å². The summed E-state index contributed by atoms with van der Waals surface area (Å²) in [5.74, 6) is 0. The number of aliphatic hydroxyl groups is 2. The molecular weight excluding hydrogens is 224 g/mol. The summed E-state index contributed by atoms with van der Waals surface area (Å²) in [6.07, 6.45) is 0.903. The second-order valence-corrected chi connectivity index (χ2v) is 20.9. The van der Waals surface area contributed by atoms with Crippen molar-refractivity contribution in [1.82, 2.24) is 0 Å². The first kappa shape index (κ1) is 13.4. The van der Waals surface area contributed by atoms with E-state index in [0.29, 0.717) is 6.42 Å². The highest BCUT2D eigenvalue weighted by Crippen LogP contribution is 2.34. The van der Waals surface area contributed by atoms with Gasteiger partial charge >= 0.3 is 0 Å². The van der Waals surface area contributed by atoms with Crippen LogP contribution in [0.2, 0.25) is 32.2 Å². The van der Waals surface area contributed by atoms with Crippen molar-refractivity contribution in [3.05, 3.63) is 0 Å². The van der Waals surface area contributed by atoms with E-state index in [4.69, 9.17) is 9.53 Å². The van der Waals surface area contributed by atoms with Crippen LogP contribution in [-0.4, -0.2) is 44.5 Å². The van der Waals surface area contributed by atoms with Crippen molar-refractivity contribution >= 4 is 15.4 Å². The van der Waals surface area contributed by atoms with Crippen molar-refractivity contribution < 1.29 is 14.6 Å². The summed E-state index contributed by atoms with van der Waals surface area (Å²) in [6.45, 7) is 9.39. The third-order valence-electron chi connectivity index (χ3n) is 3.98. The Morgan fingerprint density at radius 1 is 1.33 bits per heavy atom. The Hall–Kier alpha value is 0.314. The molecule has 0 aliphatic carbocycles. The zero-order chi connectivity index (χ0) is 11.7. The van der Waals surface area contributed by atoms with Gasteiger partial charge in [0.15, 0.2) is 7.83 Å². The molecule has 0 spiro atoms. The van der Waals surface area contributed by atoms with Crippen LogP contribution in [0.3, 0.4) is 0 Å². The first-order chi connectivity index (χ1) is 6.80. The van der Waals surface area contributed by atoms with Crippen LogP contribution in [0, 0.1) is 0 Å². The summed E-state index contributed by atoms with van der Waals surface area (Å²) in [5.41, 5.74) is 0. The molecule has 3 nitrogen and oxygen atoms in total. The molecule has 1 aliphatic heterocycles. The summed E-state index contributed by atoms with van der Waals surface area (Å²) in [4.78, 5) is 0. The summed E-state index contributed by atoms with van der Waals surface area (Å²) in [5, 5.41) is 18.6. The van der Waals surface area contributed by atoms with E-state index in [1.807, 2.05) is 0 Å². The van der Waals surface area contributed by atoms with Crippen LogP contribution in [0.15, 0.2) is 0 Å². The minimum Gasteiger partial charge on any atom is -0.415 e. The second kappa shape index (κ2) is 4.67. The summed E-state index contributed by atoms with van der Waals surface area (Å²) in [6, 6.07) is 1.25. The molecule has 2 N–H and O–H groups in total. The van der Waals surface area contributed by atoms with Crippen molar-refractivity contribution in [3.8, 4) is 0 Å². The molecular formula is C10H24O3Si2. The van der Waals surface area contributed by atoms with Gasteiger partial charge in [-0.05, 0) is 25.9 Å². The lowest BCUT2D eigenvalue weighted by atomic mass is 10.1. The van der Waals surface area contributed by atoms with Gasteiger partial charge in [0.25, 0.3) is 0 Å².